The van der Waals surface area contributed by atoms with Crippen molar-refractivity contribution < 1.29 is 4.79 Å². The van der Waals surface area contributed by atoms with E-state index in [0.717, 1.165) is 6.42 Å². The van der Waals surface area contributed by atoms with Crippen LogP contribution in [0.15, 0.2) is 17.7 Å². The third kappa shape index (κ3) is 3.74. The van der Waals surface area contributed by atoms with Gasteiger partial charge in [0.15, 0.2) is 0 Å². The molecule has 0 aromatic carbocycles. The van der Waals surface area contributed by atoms with E-state index < -0.39 is 0 Å². The highest BCUT2D eigenvalue weighted by Crippen LogP contribution is 2.31. The molecule has 18 heavy (non-hydrogen) atoms. The molecule has 0 spiro atoms. The average molecular weight is 304 g/mol. The molecule has 5 heteroatoms. The smallest absolute Gasteiger partial charge is 0.253 e. The summed E-state index contributed by atoms with van der Waals surface area (Å²) in [5.74, 6) is -0.139. The molecule has 98 valence electrons. The molecule has 1 heterocycles. The molecule has 0 radical (unpaired) electrons. The van der Waals surface area contributed by atoms with Gasteiger partial charge >= 0.3 is 0 Å². The summed E-state index contributed by atoms with van der Waals surface area (Å²) in [5.41, 5.74) is 1.93. The minimum Gasteiger partial charge on any atom is -0.352 e. The molecule has 1 aromatic rings. The molecule has 1 aliphatic carbocycles. The number of thiophene rings is 1. The first-order valence-corrected chi connectivity index (χ1v) is 7.65. The van der Waals surface area contributed by atoms with Gasteiger partial charge in [-0.15, -0.1) is 11.3 Å². The Morgan fingerprint density at radius 2 is 2.22 bits per heavy atom. The Balaban J connectivity index is 1.81. The SMILES string of the molecule is O=C(NCCC1=CCCCC1)c1cc(Cl)sc1Cl. The van der Waals surface area contributed by atoms with Gasteiger partial charge in [-0.3, -0.25) is 4.79 Å². The quantitative estimate of drug-likeness (QED) is 0.804. The van der Waals surface area contributed by atoms with E-state index in [1.54, 1.807) is 6.07 Å². The fourth-order valence-electron chi connectivity index (χ4n) is 2.06. The number of nitrogens with one attached hydrogen (secondary N) is 1. The second-order valence-corrected chi connectivity index (χ2v) is 6.64. The standard InChI is InChI=1S/C13H15Cl2NOS/c14-11-8-10(12(15)18-11)13(17)16-7-6-9-4-2-1-3-5-9/h4,8H,1-3,5-7H2,(H,16,17). The number of amides is 1. The third-order valence-corrected chi connectivity index (χ3v) is 4.51. The Hall–Kier alpha value is -0.510. The molecule has 2 nitrogen and oxygen atoms in total. The van der Waals surface area contributed by atoms with Crippen LogP contribution in [-0.2, 0) is 0 Å². The minimum atomic E-state index is -0.139. The molecule has 0 saturated carbocycles. The highest BCUT2D eigenvalue weighted by atomic mass is 35.5. The maximum atomic E-state index is 11.9. The molecule has 0 bridgehead atoms. The first-order valence-electron chi connectivity index (χ1n) is 6.08. The zero-order valence-electron chi connectivity index (χ0n) is 9.97. The van der Waals surface area contributed by atoms with Crippen molar-refractivity contribution in [3.05, 3.63) is 32.0 Å². The van der Waals surface area contributed by atoms with E-state index in [0.29, 0.717) is 20.8 Å². The van der Waals surface area contributed by atoms with E-state index in [9.17, 15) is 4.79 Å². The van der Waals surface area contributed by atoms with Crippen LogP contribution >= 0.6 is 34.5 Å². The van der Waals surface area contributed by atoms with Crippen LogP contribution < -0.4 is 5.32 Å². The van der Waals surface area contributed by atoms with Crippen LogP contribution in [0.2, 0.25) is 8.67 Å². The topological polar surface area (TPSA) is 29.1 Å². The summed E-state index contributed by atoms with van der Waals surface area (Å²) >= 11 is 13.0. The van der Waals surface area contributed by atoms with Crippen LogP contribution in [0.4, 0.5) is 0 Å². The number of allylic oxidation sites excluding steroid dienone is 1. The second kappa shape index (κ2) is 6.60. The number of halogens is 2. The summed E-state index contributed by atoms with van der Waals surface area (Å²) < 4.78 is 0.995. The molecule has 0 aliphatic heterocycles. The highest BCUT2D eigenvalue weighted by Gasteiger charge is 2.13. The van der Waals surface area contributed by atoms with Gasteiger partial charge in [0.05, 0.1) is 9.90 Å². The highest BCUT2D eigenvalue weighted by molar-refractivity contribution is 7.20. The molecular formula is C13H15Cl2NOS. The molecule has 0 saturated heterocycles. The summed E-state index contributed by atoms with van der Waals surface area (Å²) in [6.45, 7) is 0.661. The van der Waals surface area contributed by atoms with Gasteiger partial charge in [-0.2, -0.15) is 0 Å². The predicted molar refractivity (Wildman–Crippen MR) is 77.8 cm³/mol. The Morgan fingerprint density at radius 1 is 1.39 bits per heavy atom. The van der Waals surface area contributed by atoms with Crippen LogP contribution in [0.3, 0.4) is 0 Å². The molecule has 1 aliphatic rings. The summed E-state index contributed by atoms with van der Waals surface area (Å²) in [4.78, 5) is 11.9. The van der Waals surface area contributed by atoms with E-state index >= 15 is 0 Å². The molecule has 1 aromatic heterocycles. The van der Waals surface area contributed by atoms with Crippen molar-refractivity contribution in [2.45, 2.75) is 32.1 Å². The minimum absolute atomic E-state index is 0.139. The number of carbonyl (C=O) groups is 1. The molecular weight excluding hydrogens is 289 g/mol. The van der Waals surface area contributed by atoms with Crippen molar-refractivity contribution in [3.8, 4) is 0 Å². The van der Waals surface area contributed by atoms with Gasteiger partial charge in [0.2, 0.25) is 0 Å². The normalized spacial score (nSPS) is 15.3. The van der Waals surface area contributed by atoms with Crippen molar-refractivity contribution >= 4 is 40.4 Å². The maximum Gasteiger partial charge on any atom is 0.253 e. The lowest BCUT2D eigenvalue weighted by Crippen LogP contribution is -2.24. The Labute approximate surface area is 121 Å². The zero-order chi connectivity index (χ0) is 13.0. The predicted octanol–water partition coefficient (Wildman–Crippen LogP) is 4.68. The Morgan fingerprint density at radius 3 is 2.83 bits per heavy atom. The second-order valence-electron chi connectivity index (χ2n) is 4.35. The van der Waals surface area contributed by atoms with Crippen LogP contribution in [0.1, 0.15) is 42.5 Å². The molecule has 0 unspecified atom stereocenters. The van der Waals surface area contributed by atoms with Crippen molar-refractivity contribution in [2.24, 2.45) is 0 Å². The zero-order valence-corrected chi connectivity index (χ0v) is 12.3. The average Bonchev–Trinajstić information content (AvgIpc) is 2.70. The van der Waals surface area contributed by atoms with E-state index in [1.807, 2.05) is 0 Å². The number of rotatable bonds is 4. The summed E-state index contributed by atoms with van der Waals surface area (Å²) in [6.07, 6.45) is 8.13. The van der Waals surface area contributed by atoms with E-state index in [4.69, 9.17) is 23.2 Å². The van der Waals surface area contributed by atoms with Crippen LogP contribution in [0.25, 0.3) is 0 Å². The van der Waals surface area contributed by atoms with Gasteiger partial charge in [-0.1, -0.05) is 34.9 Å². The maximum absolute atomic E-state index is 11.9. The van der Waals surface area contributed by atoms with Crippen LogP contribution in [-0.4, -0.2) is 12.5 Å². The monoisotopic (exact) mass is 303 g/mol. The number of hydrogen-bond acceptors (Lipinski definition) is 2. The first-order chi connectivity index (χ1) is 8.66. The van der Waals surface area contributed by atoms with Crippen molar-refractivity contribution in [1.82, 2.24) is 5.32 Å². The molecule has 1 N–H and O–H groups in total. The molecule has 0 fully saturated rings. The van der Waals surface area contributed by atoms with Crippen molar-refractivity contribution in [1.29, 1.82) is 0 Å². The van der Waals surface area contributed by atoms with Crippen molar-refractivity contribution in [3.63, 3.8) is 0 Å². The van der Waals surface area contributed by atoms with Gasteiger partial charge in [0.25, 0.3) is 5.91 Å². The molecule has 2 rings (SSSR count). The fraction of sp³-hybridized carbons (Fsp3) is 0.462. The van der Waals surface area contributed by atoms with Gasteiger partial charge in [0, 0.05) is 6.54 Å². The molecule has 0 atom stereocenters. The fourth-order valence-corrected chi connectivity index (χ4v) is 3.52. The third-order valence-electron chi connectivity index (χ3n) is 3.02. The Kier molecular flexibility index (Phi) is 5.10. The number of hydrogen-bond donors (Lipinski definition) is 1. The van der Waals surface area contributed by atoms with E-state index in [2.05, 4.69) is 11.4 Å². The summed E-state index contributed by atoms with van der Waals surface area (Å²) in [5, 5.41) is 2.88. The molecule has 1 amide bonds. The van der Waals surface area contributed by atoms with Gasteiger partial charge in [-0.25, -0.2) is 0 Å². The van der Waals surface area contributed by atoms with Gasteiger partial charge in [0.1, 0.15) is 4.34 Å². The van der Waals surface area contributed by atoms with E-state index in [1.165, 1.54) is 42.6 Å². The summed E-state index contributed by atoms with van der Waals surface area (Å²) in [6, 6.07) is 1.61. The Bertz CT molecular complexity index is 468. The van der Waals surface area contributed by atoms with Gasteiger partial charge < -0.3 is 5.32 Å². The lowest BCUT2D eigenvalue weighted by Gasteiger charge is -2.12. The first kappa shape index (κ1) is 13.9. The van der Waals surface area contributed by atoms with E-state index in [-0.39, 0.29) is 5.91 Å². The summed E-state index contributed by atoms with van der Waals surface area (Å²) in [7, 11) is 0. The lowest BCUT2D eigenvalue weighted by atomic mass is 9.97. The van der Waals surface area contributed by atoms with Crippen LogP contribution in [0, 0.1) is 0 Å². The van der Waals surface area contributed by atoms with Crippen molar-refractivity contribution in [2.75, 3.05) is 6.54 Å². The lowest BCUT2D eigenvalue weighted by molar-refractivity contribution is 0.0954. The van der Waals surface area contributed by atoms with Gasteiger partial charge in [-0.05, 0) is 38.2 Å². The number of carbonyl (C=O) groups excluding carboxylic acids is 1. The van der Waals surface area contributed by atoms with Crippen LogP contribution in [0.5, 0.6) is 0 Å². The largest absolute Gasteiger partial charge is 0.352 e.